The number of aromatic nitrogens is 4. The number of ether oxygens (including phenoxy) is 1. The molecule has 1 saturated heterocycles. The van der Waals surface area contributed by atoms with Crippen LogP contribution in [0.5, 0.6) is 0 Å². The molecule has 0 aliphatic carbocycles. The molecule has 0 spiro atoms. The third-order valence-electron chi connectivity index (χ3n) is 7.08. The highest BCUT2D eigenvalue weighted by Crippen LogP contribution is 2.40. The van der Waals surface area contributed by atoms with Crippen LogP contribution in [0.4, 0.5) is 16.3 Å². The highest BCUT2D eigenvalue weighted by atomic mass is 16.5. The molecular formula is C24H28N6O3. The van der Waals surface area contributed by atoms with Crippen LogP contribution in [0.2, 0.25) is 0 Å². The fourth-order valence-corrected chi connectivity index (χ4v) is 5.39. The van der Waals surface area contributed by atoms with E-state index in [0.29, 0.717) is 26.1 Å². The van der Waals surface area contributed by atoms with Crippen molar-refractivity contribution in [3.63, 3.8) is 0 Å². The van der Waals surface area contributed by atoms with E-state index in [4.69, 9.17) is 9.84 Å². The van der Waals surface area contributed by atoms with Gasteiger partial charge in [0.25, 0.3) is 0 Å². The van der Waals surface area contributed by atoms with Crippen LogP contribution in [0.25, 0.3) is 11.1 Å². The maximum atomic E-state index is 11.7. The van der Waals surface area contributed by atoms with Gasteiger partial charge in [-0.05, 0) is 42.5 Å². The number of amides is 1. The Morgan fingerprint density at radius 1 is 1.21 bits per heavy atom. The number of carboxylic acid groups (broad SMARTS) is 1. The first-order valence-electron chi connectivity index (χ1n) is 11.6. The zero-order valence-corrected chi connectivity index (χ0v) is 18.8. The number of rotatable bonds is 3. The largest absolute Gasteiger partial charge is 0.465 e. The Morgan fingerprint density at radius 3 is 2.88 bits per heavy atom. The Hall–Kier alpha value is -3.33. The molecule has 33 heavy (non-hydrogen) atoms. The van der Waals surface area contributed by atoms with Crippen LogP contribution in [0.15, 0.2) is 30.6 Å². The SMILES string of the molecule is Cn1cc(-c2ccc3c(c2)CCCN3c2nn([C@H]3CCOC3)c3c2CN(C(=O)O)CC3)cn1. The average Bonchev–Trinajstić information content (AvgIpc) is 3.57. The molecule has 3 aromatic rings. The summed E-state index contributed by atoms with van der Waals surface area (Å²) < 4.78 is 9.60. The Bertz CT molecular complexity index is 1210. The monoisotopic (exact) mass is 448 g/mol. The number of carbonyl (C=O) groups is 1. The van der Waals surface area contributed by atoms with E-state index in [1.165, 1.54) is 10.5 Å². The Labute approximate surface area is 192 Å². The number of benzene rings is 1. The third kappa shape index (κ3) is 3.47. The molecule has 0 radical (unpaired) electrons. The summed E-state index contributed by atoms with van der Waals surface area (Å²) in [5, 5.41) is 19.1. The summed E-state index contributed by atoms with van der Waals surface area (Å²) in [5.74, 6) is 0.901. The lowest BCUT2D eigenvalue weighted by Gasteiger charge is -2.32. The fraction of sp³-hybridized carbons (Fsp3) is 0.458. The van der Waals surface area contributed by atoms with Crippen molar-refractivity contribution in [2.45, 2.75) is 38.3 Å². The van der Waals surface area contributed by atoms with Gasteiger partial charge in [0.05, 0.1) is 25.4 Å². The lowest BCUT2D eigenvalue weighted by Crippen LogP contribution is -2.36. The Kier molecular flexibility index (Phi) is 4.86. The molecule has 0 saturated carbocycles. The Balaban J connectivity index is 1.42. The molecule has 1 N–H and O–H groups in total. The summed E-state index contributed by atoms with van der Waals surface area (Å²) in [4.78, 5) is 15.5. The summed E-state index contributed by atoms with van der Waals surface area (Å²) in [5.41, 5.74) is 6.93. The summed E-state index contributed by atoms with van der Waals surface area (Å²) in [6, 6.07) is 6.81. The van der Waals surface area contributed by atoms with E-state index in [2.05, 4.69) is 32.9 Å². The van der Waals surface area contributed by atoms with E-state index in [1.54, 1.807) is 0 Å². The molecule has 6 rings (SSSR count). The molecule has 2 aromatic heterocycles. The predicted molar refractivity (Wildman–Crippen MR) is 123 cm³/mol. The van der Waals surface area contributed by atoms with Crippen LogP contribution in [0.1, 0.15) is 35.7 Å². The van der Waals surface area contributed by atoms with E-state index < -0.39 is 6.09 Å². The summed E-state index contributed by atoms with van der Waals surface area (Å²) in [6.07, 6.45) is 6.73. The standard InChI is InChI=1S/C24H28N6O3/c1-27-13-18(12-25-27)16-4-5-21-17(11-16)3-2-8-29(21)23-20-14-28(24(31)32)9-6-22(20)30(26-23)19-7-10-33-15-19/h4-5,11-13,19H,2-3,6-10,14-15H2,1H3,(H,31,32)/t19-/m0/s1. The van der Waals surface area contributed by atoms with Crippen molar-refractivity contribution in [3.8, 4) is 11.1 Å². The highest BCUT2D eigenvalue weighted by molar-refractivity contribution is 5.74. The second-order valence-corrected chi connectivity index (χ2v) is 9.17. The molecule has 1 fully saturated rings. The Morgan fingerprint density at radius 2 is 2.12 bits per heavy atom. The number of anilines is 2. The number of hydrogen-bond donors (Lipinski definition) is 1. The topological polar surface area (TPSA) is 88.7 Å². The van der Waals surface area contributed by atoms with Gasteiger partial charge in [-0.3, -0.25) is 9.36 Å². The van der Waals surface area contributed by atoms with Crippen LogP contribution in [0, 0.1) is 0 Å². The fourth-order valence-electron chi connectivity index (χ4n) is 5.39. The van der Waals surface area contributed by atoms with Crippen molar-refractivity contribution in [2.24, 2.45) is 7.05 Å². The summed E-state index contributed by atoms with van der Waals surface area (Å²) >= 11 is 0. The minimum absolute atomic E-state index is 0.223. The van der Waals surface area contributed by atoms with Gasteiger partial charge < -0.3 is 19.6 Å². The zero-order chi connectivity index (χ0) is 22.5. The lowest BCUT2D eigenvalue weighted by atomic mass is 9.96. The molecule has 1 aromatic carbocycles. The van der Waals surface area contributed by atoms with E-state index in [1.807, 2.05) is 24.1 Å². The van der Waals surface area contributed by atoms with Crippen molar-refractivity contribution < 1.29 is 14.6 Å². The second kappa shape index (κ2) is 7.91. The van der Waals surface area contributed by atoms with E-state index in [0.717, 1.165) is 66.3 Å². The van der Waals surface area contributed by atoms with E-state index in [9.17, 15) is 9.90 Å². The average molecular weight is 449 g/mol. The number of aryl methyl sites for hydroxylation is 2. The smallest absolute Gasteiger partial charge is 0.407 e. The molecule has 9 nitrogen and oxygen atoms in total. The molecular weight excluding hydrogens is 420 g/mol. The molecule has 9 heteroatoms. The second-order valence-electron chi connectivity index (χ2n) is 9.17. The van der Waals surface area contributed by atoms with Gasteiger partial charge in [0, 0.05) is 61.9 Å². The van der Waals surface area contributed by atoms with Gasteiger partial charge >= 0.3 is 6.09 Å². The molecule has 172 valence electrons. The molecule has 5 heterocycles. The van der Waals surface area contributed by atoms with Gasteiger partial charge in [-0.25, -0.2) is 4.79 Å². The normalized spacial score (nSPS) is 20.1. The molecule has 0 bridgehead atoms. The highest BCUT2D eigenvalue weighted by Gasteiger charge is 2.34. The number of hydrogen-bond acceptors (Lipinski definition) is 5. The van der Waals surface area contributed by atoms with Crippen LogP contribution in [-0.2, 0) is 31.2 Å². The minimum atomic E-state index is -0.872. The molecule has 3 aliphatic rings. The van der Waals surface area contributed by atoms with Crippen molar-refractivity contribution >= 4 is 17.6 Å². The maximum Gasteiger partial charge on any atom is 0.407 e. The summed E-state index contributed by atoms with van der Waals surface area (Å²) in [7, 11) is 1.93. The number of nitrogens with zero attached hydrogens (tertiary/aromatic N) is 6. The van der Waals surface area contributed by atoms with Crippen LogP contribution in [0.3, 0.4) is 0 Å². The first-order valence-corrected chi connectivity index (χ1v) is 11.6. The van der Waals surface area contributed by atoms with Gasteiger partial charge in [-0.2, -0.15) is 10.2 Å². The van der Waals surface area contributed by atoms with Crippen molar-refractivity contribution in [1.29, 1.82) is 0 Å². The van der Waals surface area contributed by atoms with Crippen molar-refractivity contribution in [1.82, 2.24) is 24.5 Å². The summed E-state index contributed by atoms with van der Waals surface area (Å²) in [6.45, 7) is 3.18. The molecule has 3 aliphatic heterocycles. The first kappa shape index (κ1) is 20.3. The first-order chi connectivity index (χ1) is 16.1. The van der Waals surface area contributed by atoms with Crippen LogP contribution in [-0.4, -0.2) is 62.0 Å². The van der Waals surface area contributed by atoms with Crippen molar-refractivity contribution in [3.05, 3.63) is 47.4 Å². The lowest BCUT2D eigenvalue weighted by molar-refractivity contribution is 0.139. The minimum Gasteiger partial charge on any atom is -0.465 e. The van der Waals surface area contributed by atoms with Gasteiger partial charge in [0.15, 0.2) is 5.82 Å². The molecule has 1 atom stereocenters. The quantitative estimate of drug-likeness (QED) is 0.661. The van der Waals surface area contributed by atoms with Gasteiger partial charge in [-0.1, -0.05) is 6.07 Å². The van der Waals surface area contributed by atoms with Gasteiger partial charge in [0.2, 0.25) is 0 Å². The van der Waals surface area contributed by atoms with Crippen LogP contribution < -0.4 is 4.90 Å². The van der Waals surface area contributed by atoms with Crippen LogP contribution >= 0.6 is 0 Å². The third-order valence-corrected chi connectivity index (χ3v) is 7.08. The predicted octanol–water partition coefficient (Wildman–Crippen LogP) is 3.37. The molecule has 0 unspecified atom stereocenters. The van der Waals surface area contributed by atoms with Gasteiger partial charge in [-0.15, -0.1) is 0 Å². The van der Waals surface area contributed by atoms with Crippen molar-refractivity contribution in [2.75, 3.05) is 31.2 Å². The molecule has 1 amide bonds. The van der Waals surface area contributed by atoms with E-state index >= 15 is 0 Å². The maximum absolute atomic E-state index is 11.7. The van der Waals surface area contributed by atoms with Gasteiger partial charge in [0.1, 0.15) is 0 Å². The number of fused-ring (bicyclic) bond motifs is 2. The zero-order valence-electron chi connectivity index (χ0n) is 18.8. The van der Waals surface area contributed by atoms with E-state index in [-0.39, 0.29) is 6.04 Å².